The van der Waals surface area contributed by atoms with Gasteiger partial charge in [0.05, 0.1) is 17.8 Å². The highest BCUT2D eigenvalue weighted by Gasteiger charge is 2.35. The standard InChI is InChI=1S/C18H23N3OS/c1-13-15(23-16(21-13)14-8-4-2-5-9-14)12-20-17(22)18(19)10-6-3-7-11-18/h2,4-5,8-9H,3,6-7,10-12,19H2,1H3,(H,20,22). The number of aromatic nitrogens is 1. The van der Waals surface area contributed by atoms with Crippen LogP contribution in [0.4, 0.5) is 0 Å². The molecule has 1 fully saturated rings. The number of amides is 1. The van der Waals surface area contributed by atoms with Crippen molar-refractivity contribution in [2.75, 3.05) is 0 Å². The molecule has 0 aliphatic heterocycles. The molecule has 0 unspecified atom stereocenters. The van der Waals surface area contributed by atoms with E-state index < -0.39 is 5.54 Å². The van der Waals surface area contributed by atoms with Crippen LogP contribution in [0.3, 0.4) is 0 Å². The van der Waals surface area contributed by atoms with Crippen LogP contribution in [0.25, 0.3) is 10.6 Å². The van der Waals surface area contributed by atoms with E-state index in [0.717, 1.165) is 46.8 Å². The lowest BCUT2D eigenvalue weighted by molar-refractivity contribution is -0.127. The number of hydrogen-bond donors (Lipinski definition) is 2. The van der Waals surface area contributed by atoms with Crippen molar-refractivity contribution in [1.29, 1.82) is 0 Å². The van der Waals surface area contributed by atoms with Crippen molar-refractivity contribution in [1.82, 2.24) is 10.3 Å². The molecule has 5 heteroatoms. The number of benzene rings is 1. The first kappa shape index (κ1) is 16.1. The Morgan fingerprint density at radius 1 is 1.26 bits per heavy atom. The van der Waals surface area contributed by atoms with Crippen molar-refractivity contribution in [2.45, 2.75) is 51.1 Å². The van der Waals surface area contributed by atoms with Crippen LogP contribution in [-0.2, 0) is 11.3 Å². The van der Waals surface area contributed by atoms with Gasteiger partial charge in [-0.2, -0.15) is 0 Å². The van der Waals surface area contributed by atoms with Gasteiger partial charge in [0.1, 0.15) is 5.01 Å². The smallest absolute Gasteiger partial charge is 0.240 e. The molecule has 3 rings (SSSR count). The lowest BCUT2D eigenvalue weighted by atomic mass is 9.82. The largest absolute Gasteiger partial charge is 0.350 e. The minimum Gasteiger partial charge on any atom is -0.350 e. The quantitative estimate of drug-likeness (QED) is 0.903. The first-order chi connectivity index (χ1) is 11.1. The van der Waals surface area contributed by atoms with Crippen molar-refractivity contribution < 1.29 is 4.79 Å². The zero-order valence-corrected chi connectivity index (χ0v) is 14.3. The van der Waals surface area contributed by atoms with Crippen LogP contribution in [0.15, 0.2) is 30.3 Å². The molecule has 1 amide bonds. The minimum atomic E-state index is -0.681. The highest BCUT2D eigenvalue weighted by atomic mass is 32.1. The van der Waals surface area contributed by atoms with Crippen LogP contribution in [-0.4, -0.2) is 16.4 Å². The van der Waals surface area contributed by atoms with Crippen molar-refractivity contribution in [3.05, 3.63) is 40.9 Å². The molecule has 23 heavy (non-hydrogen) atoms. The van der Waals surface area contributed by atoms with Gasteiger partial charge in [0.15, 0.2) is 0 Å². The molecule has 1 aliphatic rings. The van der Waals surface area contributed by atoms with Gasteiger partial charge in [-0.15, -0.1) is 11.3 Å². The van der Waals surface area contributed by atoms with Gasteiger partial charge in [0.25, 0.3) is 0 Å². The first-order valence-electron chi connectivity index (χ1n) is 8.17. The fourth-order valence-electron chi connectivity index (χ4n) is 3.04. The van der Waals surface area contributed by atoms with E-state index in [1.54, 1.807) is 11.3 Å². The monoisotopic (exact) mass is 329 g/mol. The summed E-state index contributed by atoms with van der Waals surface area (Å²) in [5.74, 6) is -0.0220. The van der Waals surface area contributed by atoms with E-state index in [1.807, 2.05) is 25.1 Å². The molecule has 4 nitrogen and oxygen atoms in total. The molecular weight excluding hydrogens is 306 g/mol. The molecule has 2 aromatic rings. The van der Waals surface area contributed by atoms with Crippen LogP contribution >= 0.6 is 11.3 Å². The molecule has 1 aliphatic carbocycles. The Balaban J connectivity index is 1.67. The molecule has 0 saturated heterocycles. The van der Waals surface area contributed by atoms with Gasteiger partial charge < -0.3 is 11.1 Å². The molecule has 1 aromatic carbocycles. The van der Waals surface area contributed by atoms with Gasteiger partial charge in [0, 0.05) is 10.4 Å². The molecular formula is C18H23N3OS. The van der Waals surface area contributed by atoms with Crippen molar-refractivity contribution in [3.8, 4) is 10.6 Å². The molecule has 1 aromatic heterocycles. The second-order valence-electron chi connectivity index (χ2n) is 6.29. The highest BCUT2D eigenvalue weighted by Crippen LogP contribution is 2.29. The number of nitrogens with two attached hydrogens (primary N) is 1. The summed E-state index contributed by atoms with van der Waals surface area (Å²) in [5.41, 5.74) is 7.68. The number of hydrogen-bond acceptors (Lipinski definition) is 4. The van der Waals surface area contributed by atoms with Crippen molar-refractivity contribution in [2.24, 2.45) is 5.73 Å². The topological polar surface area (TPSA) is 68.0 Å². The normalized spacial score (nSPS) is 17.0. The van der Waals surface area contributed by atoms with Crippen LogP contribution in [0, 0.1) is 6.92 Å². The van der Waals surface area contributed by atoms with Crippen LogP contribution in [0.2, 0.25) is 0 Å². The third-order valence-corrected chi connectivity index (χ3v) is 5.73. The minimum absolute atomic E-state index is 0.0220. The van der Waals surface area contributed by atoms with E-state index in [1.165, 1.54) is 6.42 Å². The number of carbonyl (C=O) groups excluding carboxylic acids is 1. The van der Waals surface area contributed by atoms with Gasteiger partial charge in [0.2, 0.25) is 5.91 Å². The first-order valence-corrected chi connectivity index (χ1v) is 8.99. The number of nitrogens with one attached hydrogen (secondary N) is 1. The molecule has 3 N–H and O–H groups in total. The third kappa shape index (κ3) is 3.62. The van der Waals surface area contributed by atoms with Crippen molar-refractivity contribution in [3.63, 3.8) is 0 Å². The fraction of sp³-hybridized carbons (Fsp3) is 0.444. The molecule has 122 valence electrons. The lowest BCUT2D eigenvalue weighted by Gasteiger charge is -2.31. The Kier molecular flexibility index (Phi) is 4.78. The maximum atomic E-state index is 12.4. The molecule has 0 spiro atoms. The fourth-order valence-corrected chi connectivity index (χ4v) is 4.05. The summed E-state index contributed by atoms with van der Waals surface area (Å²) >= 11 is 1.63. The maximum Gasteiger partial charge on any atom is 0.240 e. The molecule has 0 bridgehead atoms. The third-order valence-electron chi connectivity index (χ3n) is 4.52. The van der Waals surface area contributed by atoms with Gasteiger partial charge in [-0.25, -0.2) is 4.98 Å². The number of carbonyl (C=O) groups is 1. The van der Waals surface area contributed by atoms with E-state index in [0.29, 0.717) is 6.54 Å². The Morgan fingerprint density at radius 3 is 2.65 bits per heavy atom. The molecule has 0 radical (unpaired) electrons. The Hall–Kier alpha value is -1.72. The number of thiazole rings is 1. The average Bonchev–Trinajstić information content (AvgIpc) is 2.95. The number of aryl methyl sites for hydroxylation is 1. The summed E-state index contributed by atoms with van der Waals surface area (Å²) in [6.45, 7) is 2.50. The van der Waals surface area contributed by atoms with Gasteiger partial charge >= 0.3 is 0 Å². The van der Waals surface area contributed by atoms with Gasteiger partial charge in [-0.05, 0) is 19.8 Å². The molecule has 1 heterocycles. The SMILES string of the molecule is Cc1nc(-c2ccccc2)sc1CNC(=O)C1(N)CCCCC1. The number of nitrogens with zero attached hydrogens (tertiary/aromatic N) is 1. The Morgan fingerprint density at radius 2 is 1.96 bits per heavy atom. The average molecular weight is 329 g/mol. The highest BCUT2D eigenvalue weighted by molar-refractivity contribution is 7.15. The summed E-state index contributed by atoms with van der Waals surface area (Å²) in [6.07, 6.45) is 4.84. The van der Waals surface area contributed by atoms with Crippen LogP contribution < -0.4 is 11.1 Å². The Labute approximate surface area is 141 Å². The summed E-state index contributed by atoms with van der Waals surface area (Å²) < 4.78 is 0. The molecule has 1 saturated carbocycles. The van der Waals surface area contributed by atoms with E-state index in [2.05, 4.69) is 22.4 Å². The van der Waals surface area contributed by atoms with Gasteiger partial charge in [-0.1, -0.05) is 49.6 Å². The van der Waals surface area contributed by atoms with E-state index >= 15 is 0 Å². The van der Waals surface area contributed by atoms with Crippen molar-refractivity contribution >= 4 is 17.2 Å². The summed E-state index contributed by atoms with van der Waals surface area (Å²) in [7, 11) is 0. The predicted octanol–water partition coefficient (Wildman–Crippen LogP) is 3.40. The second-order valence-corrected chi connectivity index (χ2v) is 7.38. The summed E-state index contributed by atoms with van der Waals surface area (Å²) in [4.78, 5) is 18.1. The zero-order chi connectivity index (χ0) is 16.3. The molecule has 0 atom stereocenters. The summed E-state index contributed by atoms with van der Waals surface area (Å²) in [6, 6.07) is 10.1. The second kappa shape index (κ2) is 6.81. The van der Waals surface area contributed by atoms with Gasteiger partial charge in [-0.3, -0.25) is 4.79 Å². The van der Waals surface area contributed by atoms with E-state index in [4.69, 9.17) is 5.73 Å². The number of rotatable bonds is 4. The lowest BCUT2D eigenvalue weighted by Crippen LogP contribution is -2.54. The Bertz CT molecular complexity index is 675. The predicted molar refractivity (Wildman–Crippen MR) is 94.1 cm³/mol. The van der Waals surface area contributed by atoms with Crippen LogP contribution in [0.5, 0.6) is 0 Å². The van der Waals surface area contributed by atoms with E-state index in [-0.39, 0.29) is 5.91 Å². The maximum absolute atomic E-state index is 12.4. The summed E-state index contributed by atoms with van der Waals surface area (Å²) in [5, 5.41) is 4.01. The zero-order valence-electron chi connectivity index (χ0n) is 13.5. The van der Waals surface area contributed by atoms with E-state index in [9.17, 15) is 4.79 Å². The van der Waals surface area contributed by atoms with Crippen LogP contribution in [0.1, 0.15) is 42.7 Å².